The molecule has 0 radical (unpaired) electrons. The van der Waals surface area contributed by atoms with Crippen LogP contribution in [0, 0.1) is 0 Å². The van der Waals surface area contributed by atoms with Crippen LogP contribution in [-0.2, 0) is 4.79 Å². The number of pyridine rings is 1. The number of nitrogens with zero attached hydrogens (tertiary/aromatic N) is 1. The summed E-state index contributed by atoms with van der Waals surface area (Å²) in [5, 5.41) is 9.25. The topological polar surface area (TPSA) is 63.2 Å². The maximum absolute atomic E-state index is 11.1. The van der Waals surface area contributed by atoms with Gasteiger partial charge in [-0.2, -0.15) is 0 Å². The smallest absolute Gasteiger partial charge is 0.217 e. The number of amides is 1. The molecule has 6 heteroatoms. The summed E-state index contributed by atoms with van der Waals surface area (Å²) in [6.45, 7) is 4.42. The number of nitrogens with one attached hydrogen (secondary N) is 2. The highest BCUT2D eigenvalue weighted by atomic mass is 35.5. The number of carbonyl (C=O) groups is 1. The summed E-state index contributed by atoms with van der Waals surface area (Å²) in [6, 6.07) is 11.9. The van der Waals surface area contributed by atoms with E-state index in [0.717, 1.165) is 59.0 Å². The molecule has 2 N–H and O–H groups in total. The zero-order valence-corrected chi connectivity index (χ0v) is 17.3. The van der Waals surface area contributed by atoms with E-state index in [9.17, 15) is 4.79 Å². The number of aromatic nitrogens is 1. The monoisotopic (exact) mass is 399 g/mol. The zero-order chi connectivity index (χ0) is 20.1. The number of methoxy groups -OCH3 is 1. The summed E-state index contributed by atoms with van der Waals surface area (Å²) in [4.78, 5) is 15.9. The third kappa shape index (κ3) is 4.84. The standard InChI is InChI=1S/C22H26ClN3O2/c1-14(25-15(2)27)6-4-5-11-24-22-18-9-7-16(23)12-21(18)26-20-10-8-17(28-3)13-19(20)22/h7-10,12-14H,4-6,11H2,1-3H3,(H,24,26)(H,25,27)/t14-/m0/s1. The Labute approximate surface area is 170 Å². The van der Waals surface area contributed by atoms with Crippen molar-refractivity contribution in [2.75, 3.05) is 19.0 Å². The molecule has 1 atom stereocenters. The predicted molar refractivity (Wildman–Crippen MR) is 116 cm³/mol. The van der Waals surface area contributed by atoms with Gasteiger partial charge in [-0.25, -0.2) is 4.98 Å². The number of carbonyl (C=O) groups excluding carboxylic acids is 1. The van der Waals surface area contributed by atoms with Crippen LogP contribution in [0.4, 0.5) is 5.69 Å². The second-order valence-corrected chi connectivity index (χ2v) is 7.49. The molecule has 3 aromatic rings. The van der Waals surface area contributed by atoms with Crippen molar-refractivity contribution in [3.05, 3.63) is 41.4 Å². The Morgan fingerprint density at radius 3 is 2.71 bits per heavy atom. The Kier molecular flexibility index (Phi) is 6.57. The molecular weight excluding hydrogens is 374 g/mol. The third-order valence-corrected chi connectivity index (χ3v) is 4.99. The van der Waals surface area contributed by atoms with Gasteiger partial charge in [-0.15, -0.1) is 0 Å². The number of ether oxygens (including phenoxy) is 1. The van der Waals surface area contributed by atoms with Crippen molar-refractivity contribution in [1.82, 2.24) is 10.3 Å². The Bertz CT molecular complexity index is 990. The molecule has 0 aliphatic heterocycles. The third-order valence-electron chi connectivity index (χ3n) is 4.76. The first-order valence-corrected chi connectivity index (χ1v) is 9.93. The first-order valence-electron chi connectivity index (χ1n) is 9.56. The molecule has 2 aromatic carbocycles. The molecule has 1 aromatic heterocycles. The number of rotatable bonds is 8. The van der Waals surface area contributed by atoms with Crippen molar-refractivity contribution in [2.45, 2.75) is 39.2 Å². The lowest BCUT2D eigenvalue weighted by molar-refractivity contribution is -0.119. The molecule has 148 valence electrons. The first kappa shape index (κ1) is 20.2. The van der Waals surface area contributed by atoms with Crippen LogP contribution in [0.15, 0.2) is 36.4 Å². The maximum Gasteiger partial charge on any atom is 0.217 e. The van der Waals surface area contributed by atoms with Crippen LogP contribution in [0.5, 0.6) is 5.75 Å². The molecule has 0 bridgehead atoms. The van der Waals surface area contributed by atoms with Gasteiger partial charge in [-0.1, -0.05) is 11.6 Å². The lowest BCUT2D eigenvalue weighted by atomic mass is 10.1. The second kappa shape index (κ2) is 9.11. The average molecular weight is 400 g/mol. The molecule has 0 unspecified atom stereocenters. The number of unbranched alkanes of at least 4 members (excludes halogenated alkanes) is 1. The van der Waals surface area contributed by atoms with Gasteiger partial charge in [0.1, 0.15) is 5.75 Å². The number of benzene rings is 2. The number of hydrogen-bond acceptors (Lipinski definition) is 4. The number of halogens is 1. The predicted octanol–water partition coefficient (Wildman–Crippen LogP) is 5.16. The minimum absolute atomic E-state index is 0.0213. The molecule has 5 nitrogen and oxygen atoms in total. The molecule has 0 aliphatic carbocycles. The Balaban J connectivity index is 1.80. The van der Waals surface area contributed by atoms with Gasteiger partial charge in [0.15, 0.2) is 0 Å². The van der Waals surface area contributed by atoms with E-state index in [1.165, 1.54) is 0 Å². The van der Waals surface area contributed by atoms with Crippen LogP contribution in [-0.4, -0.2) is 30.6 Å². The van der Waals surface area contributed by atoms with E-state index >= 15 is 0 Å². The van der Waals surface area contributed by atoms with E-state index in [-0.39, 0.29) is 11.9 Å². The molecule has 3 rings (SSSR count). The van der Waals surface area contributed by atoms with Crippen LogP contribution in [0.3, 0.4) is 0 Å². The van der Waals surface area contributed by atoms with Crippen molar-refractivity contribution >= 4 is 45.0 Å². The molecule has 0 spiro atoms. The van der Waals surface area contributed by atoms with Crippen LogP contribution in [0.1, 0.15) is 33.1 Å². The average Bonchev–Trinajstić information content (AvgIpc) is 2.65. The van der Waals surface area contributed by atoms with Crippen LogP contribution in [0.25, 0.3) is 21.8 Å². The van der Waals surface area contributed by atoms with Gasteiger partial charge >= 0.3 is 0 Å². The van der Waals surface area contributed by atoms with Gasteiger partial charge in [0.2, 0.25) is 5.91 Å². The van der Waals surface area contributed by atoms with Crippen molar-refractivity contribution < 1.29 is 9.53 Å². The van der Waals surface area contributed by atoms with Gasteiger partial charge in [0.25, 0.3) is 0 Å². The van der Waals surface area contributed by atoms with E-state index < -0.39 is 0 Å². The number of anilines is 1. The molecule has 0 fully saturated rings. The number of hydrogen-bond donors (Lipinski definition) is 2. The van der Waals surface area contributed by atoms with E-state index in [2.05, 4.69) is 10.6 Å². The maximum atomic E-state index is 11.1. The molecule has 0 saturated heterocycles. The normalized spacial score (nSPS) is 12.1. The van der Waals surface area contributed by atoms with E-state index in [1.807, 2.05) is 43.3 Å². The number of fused-ring (bicyclic) bond motifs is 2. The van der Waals surface area contributed by atoms with Crippen LogP contribution < -0.4 is 15.4 Å². The summed E-state index contributed by atoms with van der Waals surface area (Å²) >= 11 is 6.17. The molecule has 0 saturated carbocycles. The SMILES string of the molecule is COc1ccc2nc3cc(Cl)ccc3c(NCCCC[C@H](C)NC(C)=O)c2c1. The van der Waals surface area contributed by atoms with Crippen molar-refractivity contribution in [3.8, 4) is 5.75 Å². The summed E-state index contributed by atoms with van der Waals surface area (Å²) in [7, 11) is 1.67. The Morgan fingerprint density at radius 1 is 1.14 bits per heavy atom. The van der Waals surface area contributed by atoms with Gasteiger partial charge in [0.05, 0.1) is 23.8 Å². The minimum Gasteiger partial charge on any atom is -0.497 e. The van der Waals surface area contributed by atoms with Crippen molar-refractivity contribution in [2.24, 2.45) is 0 Å². The Hall–Kier alpha value is -2.53. The Morgan fingerprint density at radius 2 is 1.96 bits per heavy atom. The fourth-order valence-corrected chi connectivity index (χ4v) is 3.59. The fraction of sp³-hybridized carbons (Fsp3) is 0.364. The quantitative estimate of drug-likeness (QED) is 0.405. The summed E-state index contributed by atoms with van der Waals surface area (Å²) in [5.74, 6) is 0.822. The summed E-state index contributed by atoms with van der Waals surface area (Å²) in [6.07, 6.45) is 3.00. The van der Waals surface area contributed by atoms with Gasteiger partial charge in [-0.05, 0) is 62.6 Å². The summed E-state index contributed by atoms with van der Waals surface area (Å²) < 4.78 is 5.40. The molecular formula is C22H26ClN3O2. The highest BCUT2D eigenvalue weighted by Gasteiger charge is 2.11. The molecule has 1 amide bonds. The second-order valence-electron chi connectivity index (χ2n) is 7.06. The fourth-order valence-electron chi connectivity index (χ4n) is 3.42. The zero-order valence-electron chi connectivity index (χ0n) is 16.5. The lowest BCUT2D eigenvalue weighted by Crippen LogP contribution is -2.30. The van der Waals surface area contributed by atoms with Crippen LogP contribution >= 0.6 is 11.6 Å². The largest absolute Gasteiger partial charge is 0.497 e. The van der Waals surface area contributed by atoms with Crippen molar-refractivity contribution in [3.63, 3.8) is 0 Å². The molecule has 1 heterocycles. The van der Waals surface area contributed by atoms with E-state index in [4.69, 9.17) is 21.3 Å². The molecule has 0 aliphatic rings. The van der Waals surface area contributed by atoms with Crippen LogP contribution in [0.2, 0.25) is 5.02 Å². The van der Waals surface area contributed by atoms with Gasteiger partial charge in [-0.3, -0.25) is 4.79 Å². The van der Waals surface area contributed by atoms with Gasteiger partial charge < -0.3 is 15.4 Å². The summed E-state index contributed by atoms with van der Waals surface area (Å²) in [5.41, 5.74) is 2.81. The minimum atomic E-state index is 0.0213. The van der Waals surface area contributed by atoms with E-state index in [0.29, 0.717) is 5.02 Å². The van der Waals surface area contributed by atoms with Gasteiger partial charge in [0, 0.05) is 35.3 Å². The highest BCUT2D eigenvalue weighted by Crippen LogP contribution is 2.34. The van der Waals surface area contributed by atoms with E-state index in [1.54, 1.807) is 14.0 Å². The van der Waals surface area contributed by atoms with Crippen molar-refractivity contribution in [1.29, 1.82) is 0 Å². The first-order chi connectivity index (χ1) is 13.5. The highest BCUT2D eigenvalue weighted by molar-refractivity contribution is 6.31. The lowest BCUT2D eigenvalue weighted by Gasteiger charge is -2.15. The molecule has 28 heavy (non-hydrogen) atoms.